The van der Waals surface area contributed by atoms with Crippen molar-refractivity contribution in [3.63, 3.8) is 0 Å². The van der Waals surface area contributed by atoms with E-state index in [0.29, 0.717) is 0 Å². The second-order valence-corrected chi connectivity index (χ2v) is 5.34. The number of Topliss-reactive ketones (excluding diaryl/α,β-unsaturated/α-hetero) is 1. The normalized spacial score (nSPS) is 31.9. The Bertz CT molecular complexity index is 492. The van der Waals surface area contributed by atoms with Crippen LogP contribution in [0.2, 0.25) is 0 Å². The molecule has 1 saturated carbocycles. The highest BCUT2D eigenvalue weighted by atomic mass is 79.9. The zero-order valence-electron chi connectivity index (χ0n) is 8.50. The van der Waals surface area contributed by atoms with Crippen molar-refractivity contribution in [1.29, 1.82) is 0 Å². The molecule has 4 rings (SSSR count). The summed E-state index contributed by atoms with van der Waals surface area (Å²) in [5.41, 5.74) is 0.766. The first-order valence-corrected chi connectivity index (χ1v) is 6.03. The average Bonchev–Trinajstić information content (AvgIpc) is 2.21. The van der Waals surface area contributed by atoms with E-state index >= 15 is 0 Å². The maximum absolute atomic E-state index is 11.4. The van der Waals surface area contributed by atoms with Crippen molar-refractivity contribution < 1.29 is 9.59 Å². The van der Waals surface area contributed by atoms with Gasteiger partial charge in [0.15, 0.2) is 0 Å². The van der Waals surface area contributed by atoms with Gasteiger partial charge in [-0.05, 0) is 24.5 Å². The summed E-state index contributed by atoms with van der Waals surface area (Å²) in [5.74, 6) is -0.756. The van der Waals surface area contributed by atoms with E-state index in [-0.39, 0.29) is 17.2 Å². The Kier molecular flexibility index (Phi) is 1.98. The Labute approximate surface area is 101 Å². The largest absolute Gasteiger partial charge is 0.340 e. The quantitative estimate of drug-likeness (QED) is 0.797. The number of benzene rings is 1. The smallest absolute Gasteiger partial charge is 0.288 e. The average molecular weight is 280 g/mol. The first-order chi connectivity index (χ1) is 7.62. The summed E-state index contributed by atoms with van der Waals surface area (Å²) >= 11 is 3.49. The lowest BCUT2D eigenvalue weighted by atomic mass is 9.60. The molecule has 0 radical (unpaired) electrons. The number of carbonyl (C=O) groups excluding carboxylic acids is 2. The third-order valence-electron chi connectivity index (χ3n) is 3.53. The third-order valence-corrected chi connectivity index (χ3v) is 4.22. The molecule has 2 heterocycles. The van der Waals surface area contributed by atoms with Crippen LogP contribution in [0.5, 0.6) is 0 Å². The van der Waals surface area contributed by atoms with Crippen LogP contribution in [-0.4, -0.2) is 11.7 Å². The molecule has 0 unspecified atom stereocenters. The van der Waals surface area contributed by atoms with Gasteiger partial charge in [0, 0.05) is 10.4 Å². The van der Waals surface area contributed by atoms with Gasteiger partial charge in [0.25, 0.3) is 5.91 Å². The minimum absolute atomic E-state index is 0.0687. The number of carbonyl (C=O) groups is 2. The number of hydrogen-bond donors (Lipinski definition) is 1. The van der Waals surface area contributed by atoms with Gasteiger partial charge >= 0.3 is 0 Å². The molecule has 0 atom stereocenters. The van der Waals surface area contributed by atoms with Crippen molar-refractivity contribution in [2.75, 3.05) is 0 Å². The fraction of sp³-hybridized carbons (Fsp3) is 0.333. The van der Waals surface area contributed by atoms with Crippen LogP contribution in [0.3, 0.4) is 0 Å². The molecule has 2 saturated heterocycles. The zero-order valence-corrected chi connectivity index (χ0v) is 10.1. The molecule has 0 spiro atoms. The van der Waals surface area contributed by atoms with Crippen molar-refractivity contribution in [2.45, 2.75) is 18.4 Å². The molecule has 3 nitrogen and oxygen atoms in total. The topological polar surface area (TPSA) is 46.2 Å². The number of halogens is 1. The first-order valence-electron chi connectivity index (χ1n) is 5.24. The van der Waals surface area contributed by atoms with Crippen LogP contribution < -0.4 is 5.32 Å². The predicted octanol–water partition coefficient (Wildman–Crippen LogP) is 1.75. The van der Waals surface area contributed by atoms with E-state index in [1.807, 2.05) is 24.3 Å². The van der Waals surface area contributed by atoms with E-state index in [1.165, 1.54) is 0 Å². The summed E-state index contributed by atoms with van der Waals surface area (Å²) in [6.45, 7) is 0. The predicted molar refractivity (Wildman–Crippen MR) is 61.7 cm³/mol. The van der Waals surface area contributed by atoms with Gasteiger partial charge in [0.2, 0.25) is 5.78 Å². The molecular weight excluding hydrogens is 270 g/mol. The van der Waals surface area contributed by atoms with Crippen LogP contribution in [0.25, 0.3) is 0 Å². The molecule has 16 heavy (non-hydrogen) atoms. The van der Waals surface area contributed by atoms with Gasteiger partial charge in [-0.1, -0.05) is 34.1 Å². The molecule has 1 aliphatic carbocycles. The van der Waals surface area contributed by atoms with Gasteiger partial charge in [-0.25, -0.2) is 0 Å². The Morgan fingerprint density at radius 1 is 1.25 bits per heavy atom. The second kappa shape index (κ2) is 3.17. The summed E-state index contributed by atoms with van der Waals surface area (Å²) in [7, 11) is 0. The zero-order chi connectivity index (χ0) is 11.3. The molecule has 2 bridgehead atoms. The summed E-state index contributed by atoms with van der Waals surface area (Å²) in [6, 6.07) is 7.84. The number of nitrogens with one attached hydrogen (secondary N) is 1. The highest BCUT2D eigenvalue weighted by molar-refractivity contribution is 9.10. The number of hydrogen-bond acceptors (Lipinski definition) is 2. The Morgan fingerprint density at radius 3 is 2.56 bits per heavy atom. The van der Waals surface area contributed by atoms with Crippen LogP contribution in [0.4, 0.5) is 0 Å². The Hall–Kier alpha value is -1.16. The van der Waals surface area contributed by atoms with Gasteiger partial charge in [0.1, 0.15) is 0 Å². The summed E-state index contributed by atoms with van der Waals surface area (Å²) in [6.07, 6.45) is 1.47. The van der Waals surface area contributed by atoms with Crippen molar-refractivity contribution >= 4 is 27.6 Å². The Balaban J connectivity index is 2.01. The summed E-state index contributed by atoms with van der Waals surface area (Å²) < 4.78 is 0.989. The molecule has 1 amide bonds. The molecule has 1 aromatic rings. The first kappa shape index (κ1) is 10.0. The molecule has 1 N–H and O–H groups in total. The number of amides is 1. The molecule has 3 fully saturated rings. The number of rotatable bonds is 1. The van der Waals surface area contributed by atoms with E-state index < -0.39 is 5.91 Å². The van der Waals surface area contributed by atoms with Crippen molar-refractivity contribution in [2.24, 2.45) is 5.92 Å². The molecule has 4 heteroatoms. The fourth-order valence-corrected chi connectivity index (χ4v) is 3.33. The van der Waals surface area contributed by atoms with Gasteiger partial charge < -0.3 is 5.32 Å². The lowest BCUT2D eigenvalue weighted by molar-refractivity contribution is -0.152. The highest BCUT2D eigenvalue weighted by Gasteiger charge is 2.56. The highest BCUT2D eigenvalue weighted by Crippen LogP contribution is 2.50. The number of piperidine rings is 2. The van der Waals surface area contributed by atoms with Crippen LogP contribution in [0.1, 0.15) is 18.4 Å². The molecule has 82 valence electrons. The van der Waals surface area contributed by atoms with Gasteiger partial charge in [-0.3, -0.25) is 9.59 Å². The third kappa shape index (κ3) is 1.19. The maximum atomic E-state index is 11.4. The lowest BCUT2D eigenvalue weighted by Gasteiger charge is -2.51. The lowest BCUT2D eigenvalue weighted by Crippen LogP contribution is -2.65. The molecular formula is C12H10BrNO2. The van der Waals surface area contributed by atoms with E-state index in [4.69, 9.17) is 0 Å². The fourth-order valence-electron chi connectivity index (χ4n) is 2.67. The van der Waals surface area contributed by atoms with Crippen LogP contribution >= 0.6 is 15.9 Å². The minimum Gasteiger partial charge on any atom is -0.340 e. The SMILES string of the molecule is O=C1NC2(c3ccccc3Br)CC(C2)C1=O. The van der Waals surface area contributed by atoms with Gasteiger partial charge in [-0.15, -0.1) is 0 Å². The maximum Gasteiger partial charge on any atom is 0.288 e. The van der Waals surface area contributed by atoms with Crippen LogP contribution in [0.15, 0.2) is 28.7 Å². The molecule has 3 aliphatic rings. The standard InChI is InChI=1S/C12H10BrNO2/c13-9-4-2-1-3-8(9)12-5-7(6-12)10(15)11(16)14-12/h1-4,7H,5-6H2,(H,14,16). The minimum atomic E-state index is -0.432. The Morgan fingerprint density at radius 2 is 1.94 bits per heavy atom. The van der Waals surface area contributed by atoms with Crippen molar-refractivity contribution in [1.82, 2.24) is 5.32 Å². The van der Waals surface area contributed by atoms with Crippen molar-refractivity contribution in [3.05, 3.63) is 34.3 Å². The van der Waals surface area contributed by atoms with Crippen molar-refractivity contribution in [3.8, 4) is 0 Å². The molecule has 2 aliphatic heterocycles. The number of ketones is 1. The number of fused-ring (bicyclic) bond motifs is 2. The molecule has 0 aromatic heterocycles. The monoisotopic (exact) mass is 279 g/mol. The van der Waals surface area contributed by atoms with E-state index in [2.05, 4.69) is 21.2 Å². The molecule has 1 aromatic carbocycles. The van der Waals surface area contributed by atoms with Gasteiger partial charge in [-0.2, -0.15) is 0 Å². The van der Waals surface area contributed by atoms with Crippen LogP contribution in [-0.2, 0) is 15.1 Å². The van der Waals surface area contributed by atoms with Crippen LogP contribution in [0, 0.1) is 5.92 Å². The van der Waals surface area contributed by atoms with Gasteiger partial charge in [0.05, 0.1) is 5.54 Å². The van der Waals surface area contributed by atoms with E-state index in [0.717, 1.165) is 22.9 Å². The van der Waals surface area contributed by atoms with E-state index in [1.54, 1.807) is 0 Å². The second-order valence-electron chi connectivity index (χ2n) is 4.49. The summed E-state index contributed by atoms with van der Waals surface area (Å²) in [4.78, 5) is 22.8. The summed E-state index contributed by atoms with van der Waals surface area (Å²) in [5, 5.41) is 2.85. The van der Waals surface area contributed by atoms with E-state index in [9.17, 15) is 9.59 Å².